The molecule has 4 heteroatoms. The number of aryl methyl sites for hydroxylation is 1. The third-order valence-corrected chi connectivity index (χ3v) is 4.15. The lowest BCUT2D eigenvalue weighted by Crippen LogP contribution is -2.03. The first kappa shape index (κ1) is 13.0. The third kappa shape index (κ3) is 2.25. The maximum Gasteiger partial charge on any atom is 0.122 e. The van der Waals surface area contributed by atoms with Gasteiger partial charge in [0.05, 0.1) is 5.56 Å². The second-order valence-electron chi connectivity index (χ2n) is 5.07. The molecule has 1 N–H and O–H groups in total. The summed E-state index contributed by atoms with van der Waals surface area (Å²) in [5, 5.41) is 9.48. The van der Waals surface area contributed by atoms with Crippen molar-refractivity contribution in [3.05, 3.63) is 46.0 Å². The van der Waals surface area contributed by atoms with Crippen LogP contribution < -0.4 is 0 Å². The van der Waals surface area contributed by atoms with E-state index in [9.17, 15) is 5.26 Å². The molecule has 20 heavy (non-hydrogen) atoms. The fourth-order valence-corrected chi connectivity index (χ4v) is 3.17. The molecule has 100 valence electrons. The predicted octanol–water partition coefficient (Wildman–Crippen LogP) is 3.95. The first-order chi connectivity index (χ1) is 9.81. The standard InChI is InChI=1S/C16H15N3S/c17-10-13-15(11-6-8-18-9-7-11)12-4-2-1-3-5-14(12)19-16(13)20/h6-9H,1-5H2,(H,19,20). The van der Waals surface area contributed by atoms with Crippen molar-refractivity contribution >= 4 is 12.2 Å². The highest BCUT2D eigenvalue weighted by atomic mass is 32.1. The number of aromatic amines is 1. The van der Waals surface area contributed by atoms with E-state index < -0.39 is 0 Å². The zero-order valence-electron chi connectivity index (χ0n) is 11.1. The molecule has 2 aromatic heterocycles. The Labute approximate surface area is 123 Å². The van der Waals surface area contributed by atoms with Gasteiger partial charge in [0, 0.05) is 23.7 Å². The van der Waals surface area contributed by atoms with Crippen LogP contribution in [-0.2, 0) is 12.8 Å². The van der Waals surface area contributed by atoms with E-state index in [0.717, 1.165) is 24.0 Å². The minimum Gasteiger partial charge on any atom is -0.349 e. The highest BCUT2D eigenvalue weighted by Crippen LogP contribution is 2.32. The second-order valence-corrected chi connectivity index (χ2v) is 5.48. The van der Waals surface area contributed by atoms with Gasteiger partial charge in [-0.25, -0.2) is 0 Å². The van der Waals surface area contributed by atoms with Crippen LogP contribution in [0.2, 0.25) is 0 Å². The molecular formula is C16H15N3S. The second kappa shape index (κ2) is 5.56. The lowest BCUT2D eigenvalue weighted by Gasteiger charge is -2.14. The average Bonchev–Trinajstić information content (AvgIpc) is 2.71. The molecule has 0 unspecified atom stereocenters. The molecule has 1 aliphatic rings. The van der Waals surface area contributed by atoms with E-state index in [-0.39, 0.29) is 0 Å². The van der Waals surface area contributed by atoms with E-state index in [2.05, 4.69) is 16.0 Å². The highest BCUT2D eigenvalue weighted by Gasteiger charge is 2.18. The van der Waals surface area contributed by atoms with Crippen LogP contribution in [0.4, 0.5) is 0 Å². The van der Waals surface area contributed by atoms with Gasteiger partial charge in [0.2, 0.25) is 0 Å². The van der Waals surface area contributed by atoms with Gasteiger partial charge >= 0.3 is 0 Å². The van der Waals surface area contributed by atoms with Gasteiger partial charge in [-0.3, -0.25) is 4.98 Å². The highest BCUT2D eigenvalue weighted by molar-refractivity contribution is 7.71. The summed E-state index contributed by atoms with van der Waals surface area (Å²) in [5.74, 6) is 0. The van der Waals surface area contributed by atoms with Crippen molar-refractivity contribution in [2.24, 2.45) is 0 Å². The first-order valence-corrected chi connectivity index (χ1v) is 7.30. The summed E-state index contributed by atoms with van der Waals surface area (Å²) >= 11 is 5.37. The monoisotopic (exact) mass is 281 g/mol. The van der Waals surface area contributed by atoms with Crippen molar-refractivity contribution < 1.29 is 0 Å². The number of nitrogens with zero attached hydrogens (tertiary/aromatic N) is 2. The van der Waals surface area contributed by atoms with Crippen LogP contribution in [0.3, 0.4) is 0 Å². The number of H-pyrrole nitrogens is 1. The zero-order chi connectivity index (χ0) is 13.9. The molecule has 0 spiro atoms. The molecule has 2 heterocycles. The SMILES string of the molecule is N#Cc1c(-c2ccncc2)c2c([nH]c1=S)CCCCC2. The molecule has 0 aromatic carbocycles. The van der Waals surface area contributed by atoms with Gasteiger partial charge in [-0.1, -0.05) is 18.6 Å². The Morgan fingerprint density at radius 2 is 1.90 bits per heavy atom. The van der Waals surface area contributed by atoms with Crippen molar-refractivity contribution in [1.29, 1.82) is 5.26 Å². The lowest BCUT2D eigenvalue weighted by atomic mass is 9.93. The number of nitriles is 1. The van der Waals surface area contributed by atoms with Crippen LogP contribution in [0.25, 0.3) is 11.1 Å². The minimum absolute atomic E-state index is 0.556. The van der Waals surface area contributed by atoms with Crippen LogP contribution in [-0.4, -0.2) is 9.97 Å². The molecule has 0 radical (unpaired) electrons. The smallest absolute Gasteiger partial charge is 0.122 e. The Kier molecular flexibility index (Phi) is 3.62. The molecule has 0 aliphatic heterocycles. The van der Waals surface area contributed by atoms with Crippen LogP contribution in [0, 0.1) is 16.0 Å². The number of nitrogens with one attached hydrogen (secondary N) is 1. The number of hydrogen-bond acceptors (Lipinski definition) is 3. The quantitative estimate of drug-likeness (QED) is 0.636. The van der Waals surface area contributed by atoms with Crippen LogP contribution in [0.1, 0.15) is 36.1 Å². The molecule has 0 amide bonds. The summed E-state index contributed by atoms with van der Waals surface area (Å²) < 4.78 is 0.556. The van der Waals surface area contributed by atoms with Gasteiger partial charge < -0.3 is 4.98 Å². The van der Waals surface area contributed by atoms with E-state index in [0.29, 0.717) is 10.2 Å². The lowest BCUT2D eigenvalue weighted by molar-refractivity contribution is 0.708. The van der Waals surface area contributed by atoms with Crippen molar-refractivity contribution in [3.8, 4) is 17.2 Å². The molecular weight excluding hydrogens is 266 g/mol. The fourth-order valence-electron chi connectivity index (χ4n) is 2.90. The number of rotatable bonds is 1. The molecule has 3 nitrogen and oxygen atoms in total. The third-order valence-electron chi connectivity index (χ3n) is 3.84. The largest absolute Gasteiger partial charge is 0.349 e. The number of pyridine rings is 2. The predicted molar refractivity (Wildman–Crippen MR) is 80.8 cm³/mol. The molecule has 3 rings (SSSR count). The van der Waals surface area contributed by atoms with Gasteiger partial charge in [0.15, 0.2) is 0 Å². The van der Waals surface area contributed by atoms with E-state index >= 15 is 0 Å². The number of fused-ring (bicyclic) bond motifs is 1. The average molecular weight is 281 g/mol. The minimum atomic E-state index is 0.556. The van der Waals surface area contributed by atoms with Crippen molar-refractivity contribution in [2.45, 2.75) is 32.1 Å². The van der Waals surface area contributed by atoms with Gasteiger partial charge in [0.1, 0.15) is 10.7 Å². The van der Waals surface area contributed by atoms with Gasteiger partial charge in [-0.2, -0.15) is 5.26 Å². The van der Waals surface area contributed by atoms with Crippen molar-refractivity contribution in [3.63, 3.8) is 0 Å². The number of aromatic nitrogens is 2. The summed E-state index contributed by atoms with van der Waals surface area (Å²) in [7, 11) is 0. The molecule has 0 saturated heterocycles. The first-order valence-electron chi connectivity index (χ1n) is 6.90. The zero-order valence-corrected chi connectivity index (χ0v) is 12.0. The molecule has 0 atom stereocenters. The Morgan fingerprint density at radius 3 is 2.65 bits per heavy atom. The van der Waals surface area contributed by atoms with Crippen molar-refractivity contribution in [1.82, 2.24) is 9.97 Å². The fraction of sp³-hybridized carbons (Fsp3) is 0.312. The normalized spacial score (nSPS) is 14.2. The summed E-state index contributed by atoms with van der Waals surface area (Å²) in [6.07, 6.45) is 9.13. The van der Waals surface area contributed by atoms with E-state index in [1.807, 2.05) is 12.1 Å². The molecule has 0 bridgehead atoms. The summed E-state index contributed by atoms with van der Waals surface area (Å²) in [5.41, 5.74) is 5.11. The Morgan fingerprint density at radius 1 is 1.15 bits per heavy atom. The molecule has 1 aliphatic carbocycles. The molecule has 0 saturated carbocycles. The summed E-state index contributed by atoms with van der Waals surface area (Å²) in [6.45, 7) is 0. The molecule has 2 aromatic rings. The van der Waals surface area contributed by atoms with Crippen LogP contribution >= 0.6 is 12.2 Å². The Balaban J connectivity index is 2.33. The summed E-state index contributed by atoms with van der Waals surface area (Å²) in [6, 6.07) is 6.19. The Bertz CT molecular complexity index is 726. The van der Waals surface area contributed by atoms with E-state index in [1.54, 1.807) is 12.4 Å². The topological polar surface area (TPSA) is 52.5 Å². The Hall–Kier alpha value is -1.99. The number of hydrogen-bond donors (Lipinski definition) is 1. The summed E-state index contributed by atoms with van der Waals surface area (Å²) in [4.78, 5) is 7.34. The van der Waals surface area contributed by atoms with Crippen LogP contribution in [0.5, 0.6) is 0 Å². The maximum atomic E-state index is 9.48. The maximum absolute atomic E-state index is 9.48. The van der Waals surface area contributed by atoms with E-state index in [4.69, 9.17) is 12.2 Å². The van der Waals surface area contributed by atoms with Gasteiger partial charge in [0.25, 0.3) is 0 Å². The van der Waals surface area contributed by atoms with Crippen LogP contribution in [0.15, 0.2) is 24.5 Å². The molecule has 0 fully saturated rings. The van der Waals surface area contributed by atoms with Gasteiger partial charge in [-0.05, 0) is 48.9 Å². The van der Waals surface area contributed by atoms with Gasteiger partial charge in [-0.15, -0.1) is 0 Å². The van der Waals surface area contributed by atoms with Crippen molar-refractivity contribution in [2.75, 3.05) is 0 Å². The van der Waals surface area contributed by atoms with E-state index in [1.165, 1.54) is 30.5 Å².